The number of ether oxygens (including phenoxy) is 3. The summed E-state index contributed by atoms with van der Waals surface area (Å²) < 4.78 is 15.9. The summed E-state index contributed by atoms with van der Waals surface area (Å²) in [5.74, 6) is 1.85. The van der Waals surface area contributed by atoms with Crippen molar-refractivity contribution in [3.8, 4) is 17.2 Å². The highest BCUT2D eigenvalue weighted by molar-refractivity contribution is 6.30. The van der Waals surface area contributed by atoms with Gasteiger partial charge in [-0.25, -0.2) is 0 Å². The zero-order valence-electron chi connectivity index (χ0n) is 12.6. The summed E-state index contributed by atoms with van der Waals surface area (Å²) in [4.78, 5) is 0. The molecule has 0 aliphatic rings. The molecule has 2 aromatic carbocycles. The van der Waals surface area contributed by atoms with Gasteiger partial charge in [0.15, 0.2) is 11.5 Å². The fraction of sp³-hybridized carbons (Fsp3) is 0.188. The van der Waals surface area contributed by atoms with Crippen LogP contribution >= 0.6 is 11.6 Å². The van der Waals surface area contributed by atoms with Gasteiger partial charge in [-0.3, -0.25) is 5.43 Å². The van der Waals surface area contributed by atoms with Crippen LogP contribution in [0.15, 0.2) is 41.5 Å². The minimum Gasteiger partial charge on any atom is -0.496 e. The van der Waals surface area contributed by atoms with Crippen molar-refractivity contribution in [3.63, 3.8) is 0 Å². The molecule has 0 amide bonds. The first-order chi connectivity index (χ1) is 10.7. The number of nitrogens with one attached hydrogen (secondary N) is 1. The first kappa shape index (κ1) is 16.0. The lowest BCUT2D eigenvalue weighted by Gasteiger charge is -2.11. The largest absolute Gasteiger partial charge is 0.496 e. The summed E-state index contributed by atoms with van der Waals surface area (Å²) in [6.45, 7) is 0. The topological polar surface area (TPSA) is 52.1 Å². The predicted molar refractivity (Wildman–Crippen MR) is 88.8 cm³/mol. The van der Waals surface area contributed by atoms with Crippen LogP contribution in [0.3, 0.4) is 0 Å². The highest BCUT2D eigenvalue weighted by Gasteiger charge is 2.10. The molecule has 0 heterocycles. The maximum Gasteiger partial charge on any atom is 0.164 e. The number of hydrogen-bond acceptors (Lipinski definition) is 5. The first-order valence-electron chi connectivity index (χ1n) is 6.52. The summed E-state index contributed by atoms with van der Waals surface area (Å²) in [5.41, 5.74) is 4.52. The molecule has 0 saturated heterocycles. The Labute approximate surface area is 134 Å². The van der Waals surface area contributed by atoms with Crippen LogP contribution in [-0.2, 0) is 0 Å². The van der Waals surface area contributed by atoms with Gasteiger partial charge in [-0.15, -0.1) is 0 Å². The van der Waals surface area contributed by atoms with Gasteiger partial charge in [-0.1, -0.05) is 11.6 Å². The second kappa shape index (κ2) is 7.56. The van der Waals surface area contributed by atoms with Gasteiger partial charge < -0.3 is 14.2 Å². The van der Waals surface area contributed by atoms with Crippen LogP contribution in [0, 0.1) is 0 Å². The number of anilines is 1. The van der Waals surface area contributed by atoms with Crippen molar-refractivity contribution < 1.29 is 14.2 Å². The minimum absolute atomic E-state index is 0.599. The monoisotopic (exact) mass is 320 g/mol. The van der Waals surface area contributed by atoms with Crippen LogP contribution in [-0.4, -0.2) is 27.5 Å². The van der Waals surface area contributed by atoms with E-state index in [1.807, 2.05) is 12.1 Å². The molecule has 0 aliphatic carbocycles. The molecule has 0 radical (unpaired) electrons. The standard InChI is InChI=1S/C16H17ClN2O3/c1-20-14-9-16(22-3)15(21-2)8-11(14)10-18-19-13-6-4-12(17)5-7-13/h4-10,19H,1-3H3. The fourth-order valence-corrected chi connectivity index (χ4v) is 1.98. The molecule has 0 aromatic heterocycles. The van der Waals surface area contributed by atoms with Crippen molar-refractivity contribution in [2.45, 2.75) is 0 Å². The number of nitrogens with zero attached hydrogens (tertiary/aromatic N) is 1. The van der Waals surface area contributed by atoms with Gasteiger partial charge in [-0.2, -0.15) is 5.10 Å². The molecule has 6 heteroatoms. The minimum atomic E-state index is 0.599. The number of hydrogen-bond donors (Lipinski definition) is 1. The summed E-state index contributed by atoms with van der Waals surface area (Å²) in [7, 11) is 4.75. The van der Waals surface area contributed by atoms with Gasteiger partial charge in [0.25, 0.3) is 0 Å². The summed E-state index contributed by atoms with van der Waals surface area (Å²) in [5, 5.41) is 4.86. The predicted octanol–water partition coefficient (Wildman–Crippen LogP) is 3.81. The highest BCUT2D eigenvalue weighted by Crippen LogP contribution is 2.33. The van der Waals surface area contributed by atoms with Gasteiger partial charge in [-0.05, 0) is 30.3 Å². The summed E-state index contributed by atoms with van der Waals surface area (Å²) in [6, 6.07) is 10.8. The van der Waals surface area contributed by atoms with Crippen molar-refractivity contribution in [1.29, 1.82) is 0 Å². The zero-order valence-corrected chi connectivity index (χ0v) is 13.3. The van der Waals surface area contributed by atoms with E-state index in [4.69, 9.17) is 25.8 Å². The van der Waals surface area contributed by atoms with Crippen LogP contribution in [0.2, 0.25) is 5.02 Å². The SMILES string of the molecule is COc1cc(OC)c(OC)cc1C=NNc1ccc(Cl)cc1. The van der Waals surface area contributed by atoms with Crippen LogP contribution < -0.4 is 19.6 Å². The lowest BCUT2D eigenvalue weighted by molar-refractivity contribution is 0.349. The Bertz CT molecular complexity index is 657. The molecule has 0 unspecified atom stereocenters. The van der Waals surface area contributed by atoms with Crippen molar-refractivity contribution in [3.05, 3.63) is 47.0 Å². The van der Waals surface area contributed by atoms with Gasteiger partial charge >= 0.3 is 0 Å². The first-order valence-corrected chi connectivity index (χ1v) is 6.90. The molecule has 5 nitrogen and oxygen atoms in total. The average Bonchev–Trinajstić information content (AvgIpc) is 2.56. The third-order valence-electron chi connectivity index (χ3n) is 2.98. The Kier molecular flexibility index (Phi) is 5.49. The van der Waals surface area contributed by atoms with Crippen molar-refractivity contribution >= 4 is 23.5 Å². The maximum atomic E-state index is 5.83. The maximum absolute atomic E-state index is 5.83. The Morgan fingerprint density at radius 1 is 0.909 bits per heavy atom. The molecule has 0 aliphatic heterocycles. The third kappa shape index (κ3) is 3.83. The molecular formula is C16H17ClN2O3. The fourth-order valence-electron chi connectivity index (χ4n) is 1.85. The van der Waals surface area contributed by atoms with E-state index < -0.39 is 0 Å². The third-order valence-corrected chi connectivity index (χ3v) is 3.23. The van der Waals surface area contributed by atoms with Gasteiger partial charge in [0.2, 0.25) is 0 Å². The normalized spacial score (nSPS) is 10.5. The lowest BCUT2D eigenvalue weighted by Crippen LogP contribution is -1.98. The number of hydrazone groups is 1. The molecule has 2 aromatic rings. The van der Waals surface area contributed by atoms with Gasteiger partial charge in [0.05, 0.1) is 33.2 Å². The highest BCUT2D eigenvalue weighted by atomic mass is 35.5. The molecule has 0 spiro atoms. The van der Waals surface area contributed by atoms with Crippen LogP contribution in [0.25, 0.3) is 0 Å². The van der Waals surface area contributed by atoms with Crippen LogP contribution in [0.1, 0.15) is 5.56 Å². The quantitative estimate of drug-likeness (QED) is 0.649. The van der Waals surface area contributed by atoms with Crippen LogP contribution in [0.4, 0.5) is 5.69 Å². The zero-order chi connectivity index (χ0) is 15.9. The Morgan fingerprint density at radius 3 is 2.09 bits per heavy atom. The van der Waals surface area contributed by atoms with E-state index in [2.05, 4.69) is 10.5 Å². The van der Waals surface area contributed by atoms with Gasteiger partial charge in [0, 0.05) is 16.7 Å². The lowest BCUT2D eigenvalue weighted by atomic mass is 10.2. The van der Waals surface area contributed by atoms with E-state index in [-0.39, 0.29) is 0 Å². The summed E-state index contributed by atoms with van der Waals surface area (Å²) >= 11 is 5.83. The van der Waals surface area contributed by atoms with Crippen molar-refractivity contribution in [2.75, 3.05) is 26.8 Å². The molecule has 116 valence electrons. The average molecular weight is 321 g/mol. The number of methoxy groups -OCH3 is 3. The molecule has 2 rings (SSSR count). The number of rotatable bonds is 6. The number of benzene rings is 2. The number of halogens is 1. The second-order valence-electron chi connectivity index (χ2n) is 4.33. The molecular weight excluding hydrogens is 304 g/mol. The molecule has 0 bridgehead atoms. The molecule has 0 atom stereocenters. The van der Waals surface area contributed by atoms with Crippen LogP contribution in [0.5, 0.6) is 17.2 Å². The Balaban J connectivity index is 2.20. The van der Waals surface area contributed by atoms with E-state index in [1.165, 1.54) is 0 Å². The second-order valence-corrected chi connectivity index (χ2v) is 4.76. The summed E-state index contributed by atoms with van der Waals surface area (Å²) in [6.07, 6.45) is 1.65. The Hall–Kier alpha value is -2.40. The van der Waals surface area contributed by atoms with E-state index in [1.54, 1.807) is 51.8 Å². The molecule has 0 fully saturated rings. The van der Waals surface area contributed by atoms with Crippen molar-refractivity contribution in [2.24, 2.45) is 5.10 Å². The smallest absolute Gasteiger partial charge is 0.164 e. The van der Waals surface area contributed by atoms with E-state index >= 15 is 0 Å². The molecule has 0 saturated carbocycles. The molecule has 22 heavy (non-hydrogen) atoms. The van der Waals surface area contributed by atoms with Gasteiger partial charge in [0.1, 0.15) is 5.75 Å². The van der Waals surface area contributed by atoms with E-state index in [0.29, 0.717) is 22.3 Å². The van der Waals surface area contributed by atoms with E-state index in [9.17, 15) is 0 Å². The molecule has 1 N–H and O–H groups in total. The Morgan fingerprint density at radius 2 is 1.50 bits per heavy atom. The van der Waals surface area contributed by atoms with Crippen molar-refractivity contribution in [1.82, 2.24) is 0 Å². The van der Waals surface area contributed by atoms with E-state index in [0.717, 1.165) is 11.3 Å².